The number of morpholine rings is 1. The molecule has 4 heteroatoms. The average molecular weight is 212 g/mol. The SMILES string of the molecule is CC1CN(C[C@@H]2CCC(=O)N2)CC(C)O1. The molecule has 0 aromatic heterocycles. The molecule has 0 spiro atoms. The fourth-order valence-corrected chi connectivity index (χ4v) is 2.56. The van der Waals surface area contributed by atoms with E-state index in [-0.39, 0.29) is 5.91 Å². The molecule has 2 aliphatic heterocycles. The Morgan fingerprint density at radius 1 is 1.40 bits per heavy atom. The normalized spacial score (nSPS) is 38.0. The van der Waals surface area contributed by atoms with Crippen LogP contribution in [0.4, 0.5) is 0 Å². The molecule has 2 saturated heterocycles. The van der Waals surface area contributed by atoms with E-state index in [4.69, 9.17) is 4.74 Å². The molecular formula is C11H20N2O2. The molecule has 0 radical (unpaired) electrons. The van der Waals surface area contributed by atoms with Gasteiger partial charge in [-0.3, -0.25) is 9.69 Å². The number of nitrogens with one attached hydrogen (secondary N) is 1. The van der Waals surface area contributed by atoms with Gasteiger partial charge in [-0.1, -0.05) is 0 Å². The van der Waals surface area contributed by atoms with Gasteiger partial charge in [0.15, 0.2) is 0 Å². The summed E-state index contributed by atoms with van der Waals surface area (Å²) >= 11 is 0. The van der Waals surface area contributed by atoms with Crippen LogP contribution in [0.3, 0.4) is 0 Å². The van der Waals surface area contributed by atoms with Gasteiger partial charge in [-0.2, -0.15) is 0 Å². The third kappa shape index (κ3) is 2.92. The van der Waals surface area contributed by atoms with Crippen molar-refractivity contribution in [2.24, 2.45) is 0 Å². The number of hydrogen-bond donors (Lipinski definition) is 1. The van der Waals surface area contributed by atoms with Gasteiger partial charge in [-0.15, -0.1) is 0 Å². The van der Waals surface area contributed by atoms with Gasteiger partial charge in [-0.25, -0.2) is 0 Å². The van der Waals surface area contributed by atoms with Crippen LogP contribution in [0.25, 0.3) is 0 Å². The summed E-state index contributed by atoms with van der Waals surface area (Å²) in [5, 5.41) is 3.01. The Kier molecular flexibility index (Phi) is 3.26. The van der Waals surface area contributed by atoms with Crippen molar-refractivity contribution < 1.29 is 9.53 Å². The van der Waals surface area contributed by atoms with E-state index in [0.29, 0.717) is 24.7 Å². The molecule has 0 aliphatic carbocycles. The Morgan fingerprint density at radius 3 is 2.60 bits per heavy atom. The number of carbonyl (C=O) groups is 1. The maximum atomic E-state index is 11.1. The molecule has 86 valence electrons. The van der Waals surface area contributed by atoms with Gasteiger partial charge >= 0.3 is 0 Å². The first-order chi connectivity index (χ1) is 7.13. The minimum atomic E-state index is 0.203. The quantitative estimate of drug-likeness (QED) is 0.719. The first-order valence-electron chi connectivity index (χ1n) is 5.80. The van der Waals surface area contributed by atoms with E-state index < -0.39 is 0 Å². The first kappa shape index (κ1) is 10.9. The van der Waals surface area contributed by atoms with Crippen molar-refractivity contribution in [2.45, 2.75) is 44.9 Å². The molecule has 1 N–H and O–H groups in total. The molecular weight excluding hydrogens is 192 g/mol. The fraction of sp³-hybridized carbons (Fsp3) is 0.909. The molecule has 2 unspecified atom stereocenters. The van der Waals surface area contributed by atoms with Gasteiger partial charge in [0.2, 0.25) is 5.91 Å². The molecule has 3 atom stereocenters. The van der Waals surface area contributed by atoms with Crippen molar-refractivity contribution in [3.8, 4) is 0 Å². The summed E-state index contributed by atoms with van der Waals surface area (Å²) in [7, 11) is 0. The van der Waals surface area contributed by atoms with Crippen LogP contribution in [0, 0.1) is 0 Å². The summed E-state index contributed by atoms with van der Waals surface area (Å²) < 4.78 is 5.67. The van der Waals surface area contributed by atoms with E-state index in [2.05, 4.69) is 24.1 Å². The Hall–Kier alpha value is -0.610. The molecule has 0 bridgehead atoms. The molecule has 0 aromatic rings. The monoisotopic (exact) mass is 212 g/mol. The molecule has 0 saturated carbocycles. The molecule has 15 heavy (non-hydrogen) atoms. The smallest absolute Gasteiger partial charge is 0.220 e. The summed E-state index contributed by atoms with van der Waals surface area (Å²) in [6.45, 7) is 7.16. The maximum absolute atomic E-state index is 11.1. The highest BCUT2D eigenvalue weighted by Gasteiger charge is 2.27. The van der Waals surface area contributed by atoms with Gasteiger partial charge < -0.3 is 10.1 Å². The van der Waals surface area contributed by atoms with Crippen molar-refractivity contribution in [3.05, 3.63) is 0 Å². The third-order valence-corrected chi connectivity index (χ3v) is 3.06. The van der Waals surface area contributed by atoms with Crippen LogP contribution in [0.15, 0.2) is 0 Å². The Bertz CT molecular complexity index is 235. The Labute approximate surface area is 91.0 Å². The highest BCUT2D eigenvalue weighted by Crippen LogP contribution is 2.14. The van der Waals surface area contributed by atoms with Gasteiger partial charge in [0.1, 0.15) is 0 Å². The van der Waals surface area contributed by atoms with Crippen LogP contribution < -0.4 is 5.32 Å². The number of rotatable bonds is 2. The van der Waals surface area contributed by atoms with E-state index in [1.165, 1.54) is 0 Å². The van der Waals surface area contributed by atoms with Gasteiger partial charge in [0, 0.05) is 32.1 Å². The molecule has 2 fully saturated rings. The van der Waals surface area contributed by atoms with Gasteiger partial charge in [-0.05, 0) is 20.3 Å². The maximum Gasteiger partial charge on any atom is 0.220 e. The Morgan fingerprint density at radius 2 is 2.07 bits per heavy atom. The van der Waals surface area contributed by atoms with E-state index in [9.17, 15) is 4.79 Å². The summed E-state index contributed by atoms with van der Waals surface area (Å²) in [5.41, 5.74) is 0. The number of amides is 1. The number of nitrogens with zero attached hydrogens (tertiary/aromatic N) is 1. The predicted octanol–water partition coefficient (Wildman–Crippen LogP) is 0.374. The van der Waals surface area contributed by atoms with E-state index in [1.54, 1.807) is 0 Å². The minimum absolute atomic E-state index is 0.203. The number of carbonyl (C=O) groups excluding carboxylic acids is 1. The summed E-state index contributed by atoms with van der Waals surface area (Å²) in [6.07, 6.45) is 2.30. The molecule has 2 aliphatic rings. The zero-order valence-electron chi connectivity index (χ0n) is 9.53. The largest absolute Gasteiger partial charge is 0.373 e. The predicted molar refractivity (Wildman–Crippen MR) is 57.6 cm³/mol. The summed E-state index contributed by atoms with van der Waals surface area (Å²) in [4.78, 5) is 13.5. The number of hydrogen-bond acceptors (Lipinski definition) is 3. The second kappa shape index (κ2) is 4.49. The zero-order chi connectivity index (χ0) is 10.8. The van der Waals surface area contributed by atoms with Crippen LogP contribution in [0.5, 0.6) is 0 Å². The minimum Gasteiger partial charge on any atom is -0.373 e. The van der Waals surface area contributed by atoms with Crippen molar-refractivity contribution in [1.29, 1.82) is 0 Å². The van der Waals surface area contributed by atoms with Crippen molar-refractivity contribution in [1.82, 2.24) is 10.2 Å². The molecule has 4 nitrogen and oxygen atoms in total. The van der Waals surface area contributed by atoms with Crippen molar-refractivity contribution in [2.75, 3.05) is 19.6 Å². The highest BCUT2D eigenvalue weighted by atomic mass is 16.5. The van der Waals surface area contributed by atoms with Crippen LogP contribution >= 0.6 is 0 Å². The van der Waals surface area contributed by atoms with Crippen LogP contribution in [-0.4, -0.2) is 48.7 Å². The highest BCUT2D eigenvalue weighted by molar-refractivity contribution is 5.78. The summed E-state index contributed by atoms with van der Waals surface area (Å²) in [5.74, 6) is 0.203. The summed E-state index contributed by atoms with van der Waals surface area (Å²) in [6, 6.07) is 0.356. The van der Waals surface area contributed by atoms with Crippen LogP contribution in [0.1, 0.15) is 26.7 Å². The van der Waals surface area contributed by atoms with Crippen LogP contribution in [-0.2, 0) is 9.53 Å². The first-order valence-corrected chi connectivity index (χ1v) is 5.80. The van der Waals surface area contributed by atoms with Gasteiger partial charge in [0.05, 0.1) is 12.2 Å². The lowest BCUT2D eigenvalue weighted by atomic mass is 10.1. The lowest BCUT2D eigenvalue weighted by molar-refractivity contribution is -0.119. The van der Waals surface area contributed by atoms with Gasteiger partial charge in [0.25, 0.3) is 0 Å². The lowest BCUT2D eigenvalue weighted by Crippen LogP contribution is -2.49. The van der Waals surface area contributed by atoms with Crippen LogP contribution in [0.2, 0.25) is 0 Å². The topological polar surface area (TPSA) is 41.6 Å². The molecule has 2 rings (SSSR count). The molecule has 0 aromatic carbocycles. The Balaban J connectivity index is 1.81. The van der Waals surface area contributed by atoms with E-state index in [1.807, 2.05) is 0 Å². The van der Waals surface area contributed by atoms with E-state index >= 15 is 0 Å². The fourth-order valence-electron chi connectivity index (χ4n) is 2.56. The second-order valence-corrected chi connectivity index (χ2v) is 4.78. The van der Waals surface area contributed by atoms with E-state index in [0.717, 1.165) is 26.1 Å². The lowest BCUT2D eigenvalue weighted by Gasteiger charge is -2.36. The molecule has 1 amide bonds. The number of ether oxygens (including phenoxy) is 1. The standard InChI is InChI=1S/C11H20N2O2/c1-8-5-13(6-9(2)15-8)7-10-3-4-11(14)12-10/h8-10H,3-7H2,1-2H3,(H,12,14)/t8?,9?,10-/m0/s1. The third-order valence-electron chi connectivity index (χ3n) is 3.06. The zero-order valence-corrected chi connectivity index (χ0v) is 9.53. The van der Waals surface area contributed by atoms with Crippen molar-refractivity contribution in [3.63, 3.8) is 0 Å². The average Bonchev–Trinajstić information content (AvgIpc) is 2.49. The second-order valence-electron chi connectivity index (χ2n) is 4.78. The molecule has 2 heterocycles. The van der Waals surface area contributed by atoms with Crippen molar-refractivity contribution >= 4 is 5.91 Å².